The first-order chi connectivity index (χ1) is 5.29. The summed E-state index contributed by atoms with van der Waals surface area (Å²) in [5, 5.41) is 4.49. The molecule has 0 aliphatic heterocycles. The third-order valence-electron chi connectivity index (χ3n) is 1.52. The van der Waals surface area contributed by atoms with Crippen molar-refractivity contribution in [2.24, 2.45) is 0 Å². The molecule has 11 heavy (non-hydrogen) atoms. The highest BCUT2D eigenvalue weighted by Crippen LogP contribution is 2.17. The fourth-order valence-corrected chi connectivity index (χ4v) is 1.53. The Kier molecular flexibility index (Phi) is 1.56. The molecular weight excluding hydrogens is 258 g/mol. The smallest absolute Gasteiger partial charge is 0.134 e. The summed E-state index contributed by atoms with van der Waals surface area (Å²) >= 11 is 2.01. The van der Waals surface area contributed by atoms with Crippen LogP contribution in [-0.4, -0.2) is 7.99 Å². The van der Waals surface area contributed by atoms with Crippen LogP contribution in [0.25, 0.3) is 10.9 Å². The Morgan fingerprint density at radius 1 is 1.45 bits per heavy atom. The summed E-state index contributed by atoms with van der Waals surface area (Å²) in [5.41, 5.74) is 0.811. The van der Waals surface area contributed by atoms with Crippen LogP contribution in [-0.2, 0) is 0 Å². The van der Waals surface area contributed by atoms with Crippen LogP contribution in [0.15, 0.2) is 24.4 Å². The van der Waals surface area contributed by atoms with E-state index in [1.54, 1.807) is 8.96 Å². The van der Waals surface area contributed by atoms with Crippen LogP contribution in [0.2, 0.25) is 0 Å². The Hall–Kier alpha value is -0.650. The van der Waals surface area contributed by atoms with Crippen molar-refractivity contribution in [2.45, 2.75) is 0 Å². The number of rotatable bonds is 0. The molecule has 56 valence electrons. The molecular formula is C7H4FIN2. The first-order valence-electron chi connectivity index (χ1n) is 3.07. The summed E-state index contributed by atoms with van der Waals surface area (Å²) < 4.78 is 14.6. The predicted octanol–water partition coefficient (Wildman–Crippen LogP) is 2.37. The molecule has 0 unspecified atom stereocenters. The van der Waals surface area contributed by atoms with Gasteiger partial charge in [0.1, 0.15) is 5.82 Å². The number of hydrogen-bond acceptors (Lipinski definition) is 1. The standard InChI is InChI=1S/C7H4FIN2/c8-6-2-1-3-7-5(6)4-10-11(7)9/h1-4H. The molecule has 0 saturated carbocycles. The van der Waals surface area contributed by atoms with Crippen molar-refractivity contribution in [3.05, 3.63) is 30.2 Å². The molecule has 0 spiro atoms. The van der Waals surface area contributed by atoms with Crippen molar-refractivity contribution < 1.29 is 4.39 Å². The summed E-state index contributed by atoms with van der Waals surface area (Å²) in [5.74, 6) is -0.217. The third kappa shape index (κ3) is 1.01. The van der Waals surface area contributed by atoms with Gasteiger partial charge >= 0.3 is 0 Å². The van der Waals surface area contributed by atoms with Gasteiger partial charge in [-0.1, -0.05) is 6.07 Å². The second kappa shape index (κ2) is 2.44. The molecule has 0 N–H and O–H groups in total. The molecule has 0 aliphatic carbocycles. The Labute approximate surface area is 76.5 Å². The first-order valence-corrected chi connectivity index (χ1v) is 4.04. The van der Waals surface area contributed by atoms with Crippen molar-refractivity contribution >= 4 is 33.8 Å². The molecule has 0 radical (unpaired) electrons. The zero-order valence-corrected chi connectivity index (χ0v) is 7.62. The quantitative estimate of drug-likeness (QED) is 0.666. The molecule has 2 rings (SSSR count). The second-order valence-electron chi connectivity index (χ2n) is 2.18. The van der Waals surface area contributed by atoms with Gasteiger partial charge in [-0.05, 0) is 12.1 Å². The first kappa shape index (κ1) is 7.02. The molecule has 0 aliphatic rings. The molecule has 0 fully saturated rings. The average Bonchev–Trinajstić information content (AvgIpc) is 2.35. The zero-order chi connectivity index (χ0) is 7.84. The lowest BCUT2D eigenvalue weighted by atomic mass is 10.2. The van der Waals surface area contributed by atoms with Crippen LogP contribution < -0.4 is 0 Å². The normalized spacial score (nSPS) is 10.7. The molecule has 2 aromatic rings. The number of benzene rings is 1. The number of hydrogen-bond donors (Lipinski definition) is 0. The number of aromatic nitrogens is 2. The van der Waals surface area contributed by atoms with Gasteiger partial charge in [0, 0.05) is 0 Å². The zero-order valence-electron chi connectivity index (χ0n) is 5.46. The summed E-state index contributed by atoms with van der Waals surface area (Å²) in [4.78, 5) is 0. The minimum Gasteiger partial charge on any atom is -0.206 e. The molecule has 1 aromatic heterocycles. The maximum absolute atomic E-state index is 12.9. The van der Waals surface area contributed by atoms with Crippen molar-refractivity contribution in [1.29, 1.82) is 0 Å². The van der Waals surface area contributed by atoms with Gasteiger partial charge in [0.05, 0.1) is 40.0 Å². The summed E-state index contributed by atoms with van der Waals surface area (Å²) in [6, 6.07) is 4.94. The molecule has 4 heteroatoms. The highest BCUT2D eigenvalue weighted by Gasteiger charge is 2.03. The van der Waals surface area contributed by atoms with Crippen molar-refractivity contribution in [2.75, 3.05) is 0 Å². The summed E-state index contributed by atoms with van der Waals surface area (Å²) in [7, 11) is 0. The molecule has 0 atom stereocenters. The fraction of sp³-hybridized carbons (Fsp3) is 0. The maximum atomic E-state index is 12.9. The van der Waals surface area contributed by atoms with Crippen molar-refractivity contribution in [3.63, 3.8) is 0 Å². The molecule has 1 aromatic carbocycles. The Balaban J connectivity index is 2.94. The molecule has 0 amide bonds. The van der Waals surface area contributed by atoms with Crippen molar-refractivity contribution in [3.8, 4) is 0 Å². The Morgan fingerprint density at radius 2 is 2.27 bits per heavy atom. The summed E-state index contributed by atoms with van der Waals surface area (Å²) in [6.45, 7) is 0. The highest BCUT2D eigenvalue weighted by molar-refractivity contribution is 14.1. The van der Waals surface area contributed by atoms with Gasteiger partial charge in [0.2, 0.25) is 0 Å². The van der Waals surface area contributed by atoms with Crippen LogP contribution >= 0.6 is 22.9 Å². The average molecular weight is 262 g/mol. The van der Waals surface area contributed by atoms with Crippen LogP contribution in [0.1, 0.15) is 0 Å². The molecule has 0 saturated heterocycles. The van der Waals surface area contributed by atoms with E-state index < -0.39 is 0 Å². The van der Waals surface area contributed by atoms with Gasteiger partial charge in [0.25, 0.3) is 0 Å². The van der Waals surface area contributed by atoms with E-state index in [1.807, 2.05) is 28.9 Å². The van der Waals surface area contributed by atoms with Crippen molar-refractivity contribution in [1.82, 2.24) is 7.99 Å². The van der Waals surface area contributed by atoms with Gasteiger partial charge in [-0.15, -0.1) is 0 Å². The number of nitrogens with zero attached hydrogens (tertiary/aromatic N) is 2. The molecule has 2 nitrogen and oxygen atoms in total. The Morgan fingerprint density at radius 3 is 3.00 bits per heavy atom. The number of halogens is 2. The minimum absolute atomic E-state index is 0.217. The second-order valence-corrected chi connectivity index (χ2v) is 3.09. The predicted molar refractivity (Wildman–Crippen MR) is 49.1 cm³/mol. The van der Waals surface area contributed by atoms with Gasteiger partial charge in [-0.3, -0.25) is 0 Å². The van der Waals surface area contributed by atoms with Gasteiger partial charge in [-0.25, -0.2) is 7.29 Å². The van der Waals surface area contributed by atoms with E-state index in [1.165, 1.54) is 12.3 Å². The summed E-state index contributed by atoms with van der Waals surface area (Å²) in [6.07, 6.45) is 1.52. The van der Waals surface area contributed by atoms with E-state index in [-0.39, 0.29) is 5.82 Å². The third-order valence-corrected chi connectivity index (χ3v) is 2.29. The van der Waals surface area contributed by atoms with Crippen LogP contribution in [0.5, 0.6) is 0 Å². The Bertz CT molecular complexity index is 396. The maximum Gasteiger partial charge on any atom is 0.134 e. The lowest BCUT2D eigenvalue weighted by molar-refractivity contribution is 0.640. The van der Waals surface area contributed by atoms with Gasteiger partial charge in [0.15, 0.2) is 0 Å². The van der Waals surface area contributed by atoms with Crippen LogP contribution in [0.3, 0.4) is 0 Å². The van der Waals surface area contributed by atoms with E-state index in [0.29, 0.717) is 5.39 Å². The minimum atomic E-state index is -0.217. The molecule has 1 heterocycles. The monoisotopic (exact) mass is 262 g/mol. The lowest BCUT2D eigenvalue weighted by Gasteiger charge is -1.90. The van der Waals surface area contributed by atoms with E-state index in [2.05, 4.69) is 5.10 Å². The van der Waals surface area contributed by atoms with E-state index in [0.717, 1.165) is 5.52 Å². The van der Waals surface area contributed by atoms with Crippen LogP contribution in [0, 0.1) is 5.82 Å². The SMILES string of the molecule is Fc1cccc2c1cnn2I. The van der Waals surface area contributed by atoms with Gasteiger partial charge in [-0.2, -0.15) is 5.10 Å². The van der Waals surface area contributed by atoms with E-state index in [4.69, 9.17) is 0 Å². The fourth-order valence-electron chi connectivity index (χ4n) is 0.985. The largest absolute Gasteiger partial charge is 0.206 e. The highest BCUT2D eigenvalue weighted by atomic mass is 127. The van der Waals surface area contributed by atoms with Gasteiger partial charge < -0.3 is 0 Å². The van der Waals surface area contributed by atoms with E-state index in [9.17, 15) is 4.39 Å². The number of fused-ring (bicyclic) bond motifs is 1. The van der Waals surface area contributed by atoms with Crippen LogP contribution in [0.4, 0.5) is 4.39 Å². The van der Waals surface area contributed by atoms with E-state index >= 15 is 0 Å². The topological polar surface area (TPSA) is 17.8 Å². The lowest BCUT2D eigenvalue weighted by Crippen LogP contribution is -1.79. The molecule has 0 bridgehead atoms.